The van der Waals surface area contributed by atoms with Crippen LogP contribution in [0.4, 0.5) is 17.1 Å². The molecule has 0 saturated carbocycles. The highest BCUT2D eigenvalue weighted by atomic mass is 31.1. The minimum Gasteiger partial charge on any atom is -0.323 e. The molecular weight excluding hydrogens is 521 g/mol. The largest absolute Gasteiger partial charge is 0.323 e. The maximum Gasteiger partial charge on any atom is 0.262 e. The van der Waals surface area contributed by atoms with Crippen LogP contribution in [0.25, 0.3) is 0 Å². The molecule has 1 amide bonds. The van der Waals surface area contributed by atoms with Gasteiger partial charge in [-0.15, -0.1) is 0 Å². The van der Waals surface area contributed by atoms with E-state index in [1.807, 2.05) is 66.7 Å². The fourth-order valence-corrected chi connectivity index (χ4v) is 8.71. The van der Waals surface area contributed by atoms with Crippen LogP contribution in [0.15, 0.2) is 152 Å². The Balaban J connectivity index is 1.48. The molecule has 41 heavy (non-hydrogen) atoms. The average molecular weight is 556 g/mol. The van der Waals surface area contributed by atoms with Crippen LogP contribution in [-0.4, -0.2) is 29.3 Å². The summed E-state index contributed by atoms with van der Waals surface area (Å²) in [5.74, 6) is 0.156. The second-order valence-corrected chi connectivity index (χ2v) is 12.5. The maximum atomic E-state index is 14.5. The summed E-state index contributed by atoms with van der Waals surface area (Å²) >= 11 is 0. The van der Waals surface area contributed by atoms with Crippen LogP contribution in [0.2, 0.25) is 0 Å². The van der Waals surface area contributed by atoms with Crippen molar-refractivity contribution in [2.24, 2.45) is 0 Å². The van der Waals surface area contributed by atoms with Gasteiger partial charge in [-0.2, -0.15) is 0 Å². The van der Waals surface area contributed by atoms with Crippen LogP contribution in [0.5, 0.6) is 0 Å². The summed E-state index contributed by atoms with van der Waals surface area (Å²) in [6, 6.07) is 52.1. The Labute approximate surface area is 244 Å². The van der Waals surface area contributed by atoms with Gasteiger partial charge in [0.1, 0.15) is 0 Å². The molecule has 5 aromatic carbocycles. The number of carbonyl (C=O) groups excluding carboxylic acids is 1. The van der Waals surface area contributed by atoms with Crippen LogP contribution < -0.4 is 20.8 Å². The Morgan fingerprint density at radius 2 is 1.10 bits per heavy atom. The molecule has 4 nitrogen and oxygen atoms in total. The Kier molecular flexibility index (Phi) is 8.51. The van der Waals surface area contributed by atoms with Crippen molar-refractivity contribution in [2.45, 2.75) is 24.8 Å². The lowest BCUT2D eigenvalue weighted by atomic mass is 10.2. The predicted molar refractivity (Wildman–Crippen MR) is 173 cm³/mol. The lowest BCUT2D eigenvalue weighted by molar-refractivity contribution is -0.120. The van der Waals surface area contributed by atoms with Crippen molar-refractivity contribution in [2.75, 3.05) is 16.8 Å². The van der Waals surface area contributed by atoms with Gasteiger partial charge in [-0.3, -0.25) is 9.69 Å². The Morgan fingerprint density at radius 1 is 0.659 bits per heavy atom. The molecule has 5 heteroatoms. The van der Waals surface area contributed by atoms with Crippen LogP contribution in [0, 0.1) is 0 Å². The van der Waals surface area contributed by atoms with E-state index >= 15 is 0 Å². The zero-order chi connectivity index (χ0) is 27.9. The third kappa shape index (κ3) is 6.10. The van der Waals surface area contributed by atoms with Gasteiger partial charge in [-0.1, -0.05) is 115 Å². The van der Waals surface area contributed by atoms with Crippen LogP contribution in [0.3, 0.4) is 0 Å². The van der Waals surface area contributed by atoms with Crippen LogP contribution >= 0.6 is 7.92 Å². The summed E-state index contributed by atoms with van der Waals surface area (Å²) < 4.78 is 0. The van der Waals surface area contributed by atoms with Crippen LogP contribution in [0.1, 0.15) is 12.8 Å². The number of hydrogen-bond donors (Lipinski definition) is 1. The van der Waals surface area contributed by atoms with Crippen molar-refractivity contribution in [1.82, 2.24) is 4.90 Å². The molecule has 0 spiro atoms. The van der Waals surface area contributed by atoms with E-state index in [9.17, 15) is 4.79 Å². The lowest BCUT2D eigenvalue weighted by Crippen LogP contribution is -2.55. The number of rotatable bonds is 9. The van der Waals surface area contributed by atoms with Crippen LogP contribution in [-0.2, 0) is 4.79 Å². The van der Waals surface area contributed by atoms with E-state index < -0.39 is 14.1 Å². The molecule has 1 saturated heterocycles. The average Bonchev–Trinajstić information content (AvgIpc) is 3.51. The van der Waals surface area contributed by atoms with Crippen molar-refractivity contribution in [3.63, 3.8) is 0 Å². The van der Waals surface area contributed by atoms with E-state index in [4.69, 9.17) is 0 Å². The monoisotopic (exact) mass is 555 g/mol. The van der Waals surface area contributed by atoms with E-state index in [-0.39, 0.29) is 11.7 Å². The van der Waals surface area contributed by atoms with Crippen molar-refractivity contribution >= 4 is 41.5 Å². The quantitative estimate of drug-likeness (QED) is 0.193. The lowest BCUT2D eigenvalue weighted by Gasteiger charge is -2.43. The molecule has 0 radical (unpaired) electrons. The predicted octanol–water partition coefficient (Wildman–Crippen LogP) is 7.34. The molecule has 6 rings (SSSR count). The third-order valence-corrected chi connectivity index (χ3v) is 10.4. The molecule has 5 aromatic rings. The third-order valence-electron chi connectivity index (χ3n) is 7.53. The number of likely N-dealkylation sites (tertiary alicyclic amines) is 1. The summed E-state index contributed by atoms with van der Waals surface area (Å²) in [6.07, 6.45) is 1.52. The Hall–Kier alpha value is -4.24. The zero-order valence-corrected chi connectivity index (χ0v) is 23.9. The number of benzene rings is 5. The number of anilines is 3. The summed E-state index contributed by atoms with van der Waals surface area (Å²) in [7, 11) is -0.751. The SMILES string of the molecule is O=C(Nc1ccccc1)C(N(c1ccccc1)c1ccccc1)N1CCC[C@H]1P(c1ccccc1)c1ccccc1. The van der Waals surface area contributed by atoms with E-state index in [1.165, 1.54) is 10.6 Å². The number of carbonyl (C=O) groups is 1. The number of amides is 1. The standard InChI is InChI=1S/C36H34N3OP/c40-35(37-29-17-6-1-7-18-29)36(39(30-19-8-2-9-20-30)31-21-10-3-11-22-31)38-28-16-27-34(38)41(32-23-12-4-13-24-32)33-25-14-5-15-26-33/h1-15,17-26,34,36H,16,27-28H2,(H,37,40)/t34-,36?/m1/s1. The number of para-hydroxylation sites is 3. The number of hydrogen-bond acceptors (Lipinski definition) is 3. The Morgan fingerprint density at radius 3 is 1.59 bits per heavy atom. The van der Waals surface area contributed by atoms with Gasteiger partial charge in [0.25, 0.3) is 5.91 Å². The fraction of sp³-hybridized carbons (Fsp3) is 0.139. The normalized spacial score (nSPS) is 15.9. The highest BCUT2D eigenvalue weighted by Gasteiger charge is 2.43. The van der Waals surface area contributed by atoms with Crippen molar-refractivity contribution < 1.29 is 4.79 Å². The first-order valence-electron chi connectivity index (χ1n) is 14.2. The molecule has 1 aliphatic heterocycles. The topological polar surface area (TPSA) is 35.6 Å². The second-order valence-electron chi connectivity index (χ2n) is 10.2. The van der Waals surface area contributed by atoms with Gasteiger partial charge in [-0.25, -0.2) is 0 Å². The molecule has 1 unspecified atom stereocenters. The highest BCUT2D eigenvalue weighted by molar-refractivity contribution is 7.73. The molecule has 2 atom stereocenters. The summed E-state index contributed by atoms with van der Waals surface area (Å²) in [5, 5.41) is 5.93. The first-order valence-corrected chi connectivity index (χ1v) is 15.6. The van der Waals surface area contributed by atoms with Gasteiger partial charge >= 0.3 is 0 Å². The smallest absolute Gasteiger partial charge is 0.262 e. The zero-order valence-electron chi connectivity index (χ0n) is 23.0. The van der Waals surface area contributed by atoms with E-state index in [0.717, 1.165) is 36.4 Å². The van der Waals surface area contributed by atoms with Gasteiger partial charge in [-0.05, 0) is 67.8 Å². The van der Waals surface area contributed by atoms with E-state index in [0.29, 0.717) is 0 Å². The van der Waals surface area contributed by atoms with Crippen molar-refractivity contribution in [3.05, 3.63) is 152 Å². The van der Waals surface area contributed by atoms with Gasteiger partial charge in [0.15, 0.2) is 6.17 Å². The first kappa shape index (κ1) is 27.0. The molecular formula is C36H34N3OP. The maximum absolute atomic E-state index is 14.5. The van der Waals surface area contributed by atoms with Gasteiger partial charge < -0.3 is 10.2 Å². The summed E-state index contributed by atoms with van der Waals surface area (Å²) in [5.41, 5.74) is 2.77. The molecule has 0 bridgehead atoms. The molecule has 1 fully saturated rings. The molecule has 204 valence electrons. The minimum absolute atomic E-state index is 0.0353. The summed E-state index contributed by atoms with van der Waals surface area (Å²) in [4.78, 5) is 19.2. The molecule has 0 aromatic heterocycles. The van der Waals surface area contributed by atoms with Gasteiger partial charge in [0, 0.05) is 29.4 Å². The van der Waals surface area contributed by atoms with Crippen molar-refractivity contribution in [1.29, 1.82) is 0 Å². The molecule has 1 aliphatic rings. The van der Waals surface area contributed by atoms with Crippen molar-refractivity contribution in [3.8, 4) is 0 Å². The first-order chi connectivity index (χ1) is 20.3. The second kappa shape index (κ2) is 13.0. The number of nitrogens with zero attached hydrogens (tertiary/aromatic N) is 2. The van der Waals surface area contributed by atoms with E-state index in [2.05, 4.69) is 100 Å². The fourth-order valence-electron chi connectivity index (χ4n) is 5.76. The molecule has 1 N–H and O–H groups in total. The van der Waals surface area contributed by atoms with Gasteiger partial charge in [0.2, 0.25) is 0 Å². The molecule has 1 heterocycles. The number of nitrogens with one attached hydrogen (secondary N) is 1. The van der Waals surface area contributed by atoms with Gasteiger partial charge in [0.05, 0.1) is 0 Å². The summed E-state index contributed by atoms with van der Waals surface area (Å²) in [6.45, 7) is 0.839. The Bertz CT molecular complexity index is 1440. The highest BCUT2D eigenvalue weighted by Crippen LogP contribution is 2.48. The van der Waals surface area contributed by atoms with E-state index in [1.54, 1.807) is 0 Å². The molecule has 0 aliphatic carbocycles. The minimum atomic E-state index is -0.751.